The van der Waals surface area contributed by atoms with E-state index >= 15 is 0 Å². The summed E-state index contributed by atoms with van der Waals surface area (Å²) in [6.45, 7) is 1.77. The number of nitrogens with zero attached hydrogens (tertiary/aromatic N) is 1. The molecular formula is C11H16N4O5S. The molecule has 0 fully saturated rings. The molecule has 1 amide bonds. The number of nitrogen functional groups attached to an aromatic ring is 1. The van der Waals surface area contributed by atoms with Gasteiger partial charge in [-0.3, -0.25) is 14.9 Å². The van der Waals surface area contributed by atoms with E-state index in [-0.39, 0.29) is 5.69 Å². The summed E-state index contributed by atoms with van der Waals surface area (Å²) in [7, 11) is -4.18. The summed E-state index contributed by atoms with van der Waals surface area (Å²) in [6, 6.07) is 3.21. The van der Waals surface area contributed by atoms with Gasteiger partial charge in [0, 0.05) is 18.3 Å². The lowest BCUT2D eigenvalue weighted by molar-refractivity contribution is -0.387. The lowest BCUT2D eigenvalue weighted by atomic mass is 10.3. The average Bonchev–Trinajstić information content (AvgIpc) is 2.42. The molecule has 0 bridgehead atoms. The van der Waals surface area contributed by atoms with Gasteiger partial charge in [0.2, 0.25) is 15.9 Å². The maximum absolute atomic E-state index is 12.0. The number of amides is 1. The zero-order valence-corrected chi connectivity index (χ0v) is 12.1. The third-order valence-electron chi connectivity index (χ3n) is 2.46. The second-order valence-corrected chi connectivity index (χ2v) is 5.89. The Morgan fingerprint density at radius 2 is 2.10 bits per heavy atom. The molecule has 1 aromatic carbocycles. The van der Waals surface area contributed by atoms with Crippen LogP contribution in [0.3, 0.4) is 0 Å². The van der Waals surface area contributed by atoms with E-state index in [0.717, 1.165) is 12.1 Å². The Bertz CT molecular complexity index is 644. The molecule has 0 radical (unpaired) electrons. The molecule has 0 atom stereocenters. The molecule has 21 heavy (non-hydrogen) atoms. The molecule has 0 aromatic heterocycles. The number of hydrogen-bond donors (Lipinski definition) is 3. The first-order valence-electron chi connectivity index (χ1n) is 6.08. The molecule has 0 aliphatic rings. The van der Waals surface area contributed by atoms with E-state index in [2.05, 4.69) is 5.32 Å². The molecule has 116 valence electrons. The lowest BCUT2D eigenvalue weighted by Crippen LogP contribution is -2.37. The minimum atomic E-state index is -4.18. The number of carbonyl (C=O) groups is 1. The summed E-state index contributed by atoms with van der Waals surface area (Å²) in [6.07, 6.45) is 0.710. The predicted octanol–water partition coefficient (Wildman–Crippen LogP) is -0.0185. The second-order valence-electron chi connectivity index (χ2n) is 4.16. The van der Waals surface area contributed by atoms with E-state index in [1.807, 2.05) is 11.6 Å². The van der Waals surface area contributed by atoms with Crippen molar-refractivity contribution in [2.45, 2.75) is 18.2 Å². The van der Waals surface area contributed by atoms with E-state index in [4.69, 9.17) is 5.73 Å². The van der Waals surface area contributed by atoms with Crippen LogP contribution in [0.5, 0.6) is 0 Å². The van der Waals surface area contributed by atoms with E-state index in [9.17, 15) is 23.3 Å². The monoisotopic (exact) mass is 316 g/mol. The van der Waals surface area contributed by atoms with Crippen LogP contribution in [-0.4, -0.2) is 32.3 Å². The maximum Gasteiger partial charge on any atom is 0.291 e. The zero-order valence-electron chi connectivity index (χ0n) is 11.3. The molecule has 1 aromatic rings. The van der Waals surface area contributed by atoms with Gasteiger partial charge in [-0.15, -0.1) is 0 Å². The van der Waals surface area contributed by atoms with Gasteiger partial charge in [0.05, 0.1) is 11.5 Å². The molecule has 0 unspecified atom stereocenters. The number of benzene rings is 1. The molecule has 0 heterocycles. The Labute approximate surface area is 121 Å². The number of nitro groups is 1. The number of carbonyl (C=O) groups excluding carboxylic acids is 1. The summed E-state index contributed by atoms with van der Waals surface area (Å²) in [5, 5.41) is 13.4. The summed E-state index contributed by atoms with van der Waals surface area (Å²) in [4.78, 5) is 20.9. The average molecular weight is 316 g/mol. The molecule has 1 rings (SSSR count). The molecule has 0 aliphatic heterocycles. The third kappa shape index (κ3) is 4.68. The van der Waals surface area contributed by atoms with E-state index in [0.29, 0.717) is 13.0 Å². The van der Waals surface area contributed by atoms with Crippen molar-refractivity contribution in [1.82, 2.24) is 10.0 Å². The van der Waals surface area contributed by atoms with Crippen LogP contribution in [0.1, 0.15) is 13.3 Å². The summed E-state index contributed by atoms with van der Waals surface area (Å²) in [5.74, 6) is -0.515. The Morgan fingerprint density at radius 3 is 2.67 bits per heavy atom. The van der Waals surface area contributed by atoms with Crippen molar-refractivity contribution in [1.29, 1.82) is 0 Å². The fourth-order valence-electron chi connectivity index (χ4n) is 1.47. The minimum Gasteiger partial charge on any atom is -0.399 e. The third-order valence-corrected chi connectivity index (χ3v) is 3.91. The highest BCUT2D eigenvalue weighted by Gasteiger charge is 2.26. The SMILES string of the molecule is CCCNC(=O)CNS(=O)(=O)c1ccc(N)cc1[N+](=O)[O-]. The molecule has 0 saturated heterocycles. The van der Waals surface area contributed by atoms with Crippen LogP contribution in [0, 0.1) is 10.1 Å². The van der Waals surface area contributed by atoms with Crippen molar-refractivity contribution in [3.8, 4) is 0 Å². The smallest absolute Gasteiger partial charge is 0.291 e. The van der Waals surface area contributed by atoms with Crippen LogP contribution in [0.4, 0.5) is 11.4 Å². The Kier molecular flexibility index (Phi) is 5.61. The van der Waals surface area contributed by atoms with Gasteiger partial charge in [0.25, 0.3) is 5.69 Å². The van der Waals surface area contributed by atoms with E-state index in [1.165, 1.54) is 6.07 Å². The molecule has 0 spiro atoms. The van der Waals surface area contributed by atoms with Gasteiger partial charge in [-0.05, 0) is 18.6 Å². The minimum absolute atomic E-state index is 0.0707. The largest absolute Gasteiger partial charge is 0.399 e. The standard InChI is InChI=1S/C11H16N4O5S/c1-2-5-13-11(16)7-14-21(19,20)10-4-3-8(12)6-9(10)15(17)18/h3-4,6,14H,2,5,7,12H2,1H3,(H,13,16). The Hall–Kier alpha value is -2.20. The number of anilines is 1. The first kappa shape index (κ1) is 16.9. The quantitative estimate of drug-likeness (QED) is 0.366. The van der Waals surface area contributed by atoms with Gasteiger partial charge in [0.1, 0.15) is 0 Å². The Morgan fingerprint density at radius 1 is 1.43 bits per heavy atom. The topological polar surface area (TPSA) is 144 Å². The first-order chi connectivity index (χ1) is 9.77. The van der Waals surface area contributed by atoms with Gasteiger partial charge < -0.3 is 11.1 Å². The zero-order chi connectivity index (χ0) is 16.0. The predicted molar refractivity (Wildman–Crippen MR) is 76.0 cm³/mol. The van der Waals surface area contributed by atoms with Crippen LogP contribution in [0.25, 0.3) is 0 Å². The highest BCUT2D eigenvalue weighted by molar-refractivity contribution is 7.89. The van der Waals surface area contributed by atoms with Crippen molar-refractivity contribution in [2.24, 2.45) is 0 Å². The second kappa shape index (κ2) is 6.99. The molecular weight excluding hydrogens is 300 g/mol. The molecule has 4 N–H and O–H groups in total. The van der Waals surface area contributed by atoms with Crippen molar-refractivity contribution in [2.75, 3.05) is 18.8 Å². The van der Waals surface area contributed by atoms with Crippen LogP contribution in [0.2, 0.25) is 0 Å². The van der Waals surface area contributed by atoms with Gasteiger partial charge >= 0.3 is 0 Å². The van der Waals surface area contributed by atoms with Crippen LogP contribution in [-0.2, 0) is 14.8 Å². The summed E-state index contributed by atoms with van der Waals surface area (Å²) in [5.41, 5.74) is 4.83. The summed E-state index contributed by atoms with van der Waals surface area (Å²) < 4.78 is 26.0. The number of rotatable bonds is 7. The first-order valence-corrected chi connectivity index (χ1v) is 7.56. The van der Waals surface area contributed by atoms with Gasteiger partial charge in [-0.1, -0.05) is 6.92 Å². The fourth-order valence-corrected chi connectivity index (χ4v) is 2.60. The van der Waals surface area contributed by atoms with Gasteiger partial charge in [0.15, 0.2) is 4.90 Å². The van der Waals surface area contributed by atoms with Crippen molar-refractivity contribution in [3.63, 3.8) is 0 Å². The number of nitro benzene ring substituents is 1. The summed E-state index contributed by atoms with van der Waals surface area (Å²) >= 11 is 0. The number of hydrogen-bond acceptors (Lipinski definition) is 6. The van der Waals surface area contributed by atoms with Crippen LogP contribution < -0.4 is 15.8 Å². The van der Waals surface area contributed by atoms with Crippen LogP contribution in [0.15, 0.2) is 23.1 Å². The van der Waals surface area contributed by atoms with E-state index in [1.54, 1.807) is 0 Å². The van der Waals surface area contributed by atoms with Gasteiger partial charge in [-0.25, -0.2) is 13.1 Å². The molecule has 0 aliphatic carbocycles. The van der Waals surface area contributed by atoms with Gasteiger partial charge in [-0.2, -0.15) is 0 Å². The number of nitrogens with two attached hydrogens (primary N) is 1. The number of sulfonamides is 1. The van der Waals surface area contributed by atoms with Crippen molar-refractivity contribution >= 4 is 27.3 Å². The molecule has 10 heteroatoms. The van der Waals surface area contributed by atoms with E-state index < -0.39 is 38.0 Å². The highest BCUT2D eigenvalue weighted by Crippen LogP contribution is 2.25. The Balaban J connectivity index is 2.93. The molecule has 0 saturated carbocycles. The lowest BCUT2D eigenvalue weighted by Gasteiger charge is -2.08. The normalized spacial score (nSPS) is 11.1. The molecule has 9 nitrogen and oxygen atoms in total. The van der Waals surface area contributed by atoms with Crippen LogP contribution >= 0.6 is 0 Å². The number of nitrogens with one attached hydrogen (secondary N) is 2. The fraction of sp³-hybridized carbons (Fsp3) is 0.364. The van der Waals surface area contributed by atoms with Crippen molar-refractivity contribution < 1.29 is 18.1 Å². The maximum atomic E-state index is 12.0. The van der Waals surface area contributed by atoms with Crippen molar-refractivity contribution in [3.05, 3.63) is 28.3 Å². The highest BCUT2D eigenvalue weighted by atomic mass is 32.2.